The summed E-state index contributed by atoms with van der Waals surface area (Å²) in [7, 11) is 0. The highest BCUT2D eigenvalue weighted by Gasteiger charge is 2.17. The molecule has 0 radical (unpaired) electrons. The first kappa shape index (κ1) is 14.9. The summed E-state index contributed by atoms with van der Waals surface area (Å²) >= 11 is 5.95. The zero-order valence-electron chi connectivity index (χ0n) is 10.6. The summed E-state index contributed by atoms with van der Waals surface area (Å²) in [4.78, 5) is 17.7. The standard InChI is InChI=1S/C13H19ClN2O2/c1-2-3-4-7-16(8-9-17)13(18)11-5-6-15-10-12(11)14/h5-6,10,17H,2-4,7-9H2,1H3. The average molecular weight is 271 g/mol. The topological polar surface area (TPSA) is 53.4 Å². The van der Waals surface area contributed by atoms with Gasteiger partial charge < -0.3 is 10.0 Å². The SMILES string of the molecule is CCCCCN(CCO)C(=O)c1ccncc1Cl. The molecule has 0 atom stereocenters. The number of aliphatic hydroxyl groups excluding tert-OH is 1. The molecule has 0 spiro atoms. The van der Waals surface area contributed by atoms with Gasteiger partial charge in [0.15, 0.2) is 0 Å². The molecule has 1 amide bonds. The van der Waals surface area contributed by atoms with E-state index in [2.05, 4.69) is 11.9 Å². The molecular weight excluding hydrogens is 252 g/mol. The fourth-order valence-corrected chi connectivity index (χ4v) is 1.91. The molecule has 0 unspecified atom stereocenters. The molecule has 1 aromatic heterocycles. The number of rotatable bonds is 7. The molecule has 0 saturated heterocycles. The fourth-order valence-electron chi connectivity index (χ4n) is 1.71. The van der Waals surface area contributed by atoms with Gasteiger partial charge in [-0.15, -0.1) is 0 Å². The van der Waals surface area contributed by atoms with Crippen molar-refractivity contribution in [2.75, 3.05) is 19.7 Å². The Kier molecular flexibility index (Phi) is 6.68. The Labute approximate surface area is 113 Å². The van der Waals surface area contributed by atoms with Crippen LogP contribution in [-0.2, 0) is 0 Å². The molecule has 0 aromatic carbocycles. The van der Waals surface area contributed by atoms with E-state index in [0.717, 1.165) is 19.3 Å². The maximum atomic E-state index is 12.3. The van der Waals surface area contributed by atoms with Gasteiger partial charge in [0.1, 0.15) is 0 Å². The summed E-state index contributed by atoms with van der Waals surface area (Å²) in [6.45, 7) is 3.05. The van der Waals surface area contributed by atoms with Crippen molar-refractivity contribution in [2.24, 2.45) is 0 Å². The molecule has 4 nitrogen and oxygen atoms in total. The summed E-state index contributed by atoms with van der Waals surface area (Å²) < 4.78 is 0. The summed E-state index contributed by atoms with van der Waals surface area (Å²) in [5.74, 6) is -0.146. The van der Waals surface area contributed by atoms with Gasteiger partial charge in [-0.1, -0.05) is 31.4 Å². The van der Waals surface area contributed by atoms with E-state index in [1.807, 2.05) is 0 Å². The van der Waals surface area contributed by atoms with Crippen molar-refractivity contribution < 1.29 is 9.90 Å². The van der Waals surface area contributed by atoms with Crippen LogP contribution in [0.15, 0.2) is 18.5 Å². The third kappa shape index (κ3) is 4.27. The minimum absolute atomic E-state index is 0.0411. The number of pyridine rings is 1. The molecule has 18 heavy (non-hydrogen) atoms. The Balaban J connectivity index is 2.73. The van der Waals surface area contributed by atoms with E-state index in [1.54, 1.807) is 17.2 Å². The van der Waals surface area contributed by atoms with Crippen LogP contribution in [0.5, 0.6) is 0 Å². The van der Waals surface area contributed by atoms with E-state index in [0.29, 0.717) is 23.7 Å². The van der Waals surface area contributed by atoms with Crippen LogP contribution in [0.1, 0.15) is 36.5 Å². The smallest absolute Gasteiger partial charge is 0.255 e. The highest BCUT2D eigenvalue weighted by molar-refractivity contribution is 6.33. The maximum Gasteiger partial charge on any atom is 0.255 e. The van der Waals surface area contributed by atoms with Gasteiger partial charge in [0.05, 0.1) is 17.2 Å². The van der Waals surface area contributed by atoms with E-state index in [-0.39, 0.29) is 12.5 Å². The van der Waals surface area contributed by atoms with Crippen LogP contribution in [0.4, 0.5) is 0 Å². The molecule has 0 aliphatic heterocycles. The van der Waals surface area contributed by atoms with E-state index >= 15 is 0 Å². The summed E-state index contributed by atoms with van der Waals surface area (Å²) in [5.41, 5.74) is 0.441. The number of aromatic nitrogens is 1. The van der Waals surface area contributed by atoms with E-state index in [1.165, 1.54) is 6.20 Å². The molecule has 0 aliphatic rings. The second kappa shape index (κ2) is 8.06. The number of unbranched alkanes of at least 4 members (excludes halogenated alkanes) is 2. The number of halogens is 1. The van der Waals surface area contributed by atoms with Crippen molar-refractivity contribution in [1.29, 1.82) is 0 Å². The van der Waals surface area contributed by atoms with Crippen LogP contribution in [0, 0.1) is 0 Å². The van der Waals surface area contributed by atoms with Crippen molar-refractivity contribution in [3.63, 3.8) is 0 Å². The predicted octanol–water partition coefficient (Wildman–Crippen LogP) is 2.36. The fraction of sp³-hybridized carbons (Fsp3) is 0.538. The minimum atomic E-state index is -0.146. The number of carbonyl (C=O) groups excluding carboxylic acids is 1. The molecule has 1 rings (SSSR count). The van der Waals surface area contributed by atoms with Crippen molar-refractivity contribution in [2.45, 2.75) is 26.2 Å². The third-order valence-electron chi connectivity index (χ3n) is 2.69. The highest BCUT2D eigenvalue weighted by atomic mass is 35.5. The number of hydrogen-bond acceptors (Lipinski definition) is 3. The first-order valence-electron chi connectivity index (χ1n) is 6.20. The first-order valence-corrected chi connectivity index (χ1v) is 6.58. The average Bonchev–Trinajstić information content (AvgIpc) is 2.38. The Morgan fingerprint density at radius 1 is 1.44 bits per heavy atom. The first-order chi connectivity index (χ1) is 8.70. The lowest BCUT2D eigenvalue weighted by molar-refractivity contribution is 0.0718. The van der Waals surface area contributed by atoms with Crippen molar-refractivity contribution in [3.8, 4) is 0 Å². The van der Waals surface area contributed by atoms with E-state index in [9.17, 15) is 4.79 Å². The molecule has 1 aromatic rings. The van der Waals surface area contributed by atoms with Crippen LogP contribution in [0.3, 0.4) is 0 Å². The Morgan fingerprint density at radius 2 is 2.22 bits per heavy atom. The molecule has 100 valence electrons. The Bertz CT molecular complexity index is 385. The second-order valence-corrected chi connectivity index (χ2v) is 4.49. The molecule has 0 fully saturated rings. The predicted molar refractivity (Wildman–Crippen MR) is 71.8 cm³/mol. The van der Waals surface area contributed by atoms with Crippen molar-refractivity contribution in [1.82, 2.24) is 9.88 Å². The lowest BCUT2D eigenvalue weighted by Gasteiger charge is -2.22. The number of aliphatic hydroxyl groups is 1. The van der Waals surface area contributed by atoms with Crippen LogP contribution >= 0.6 is 11.6 Å². The summed E-state index contributed by atoms with van der Waals surface area (Å²) in [6.07, 6.45) is 6.10. The van der Waals surface area contributed by atoms with E-state index in [4.69, 9.17) is 16.7 Å². The number of nitrogens with zero attached hydrogens (tertiary/aromatic N) is 2. The third-order valence-corrected chi connectivity index (χ3v) is 2.99. The molecule has 0 aliphatic carbocycles. The Hall–Kier alpha value is -1.13. The quantitative estimate of drug-likeness (QED) is 0.774. The number of hydrogen-bond donors (Lipinski definition) is 1. The minimum Gasteiger partial charge on any atom is -0.395 e. The van der Waals surface area contributed by atoms with Crippen molar-refractivity contribution in [3.05, 3.63) is 29.0 Å². The van der Waals surface area contributed by atoms with Crippen LogP contribution in [-0.4, -0.2) is 40.6 Å². The van der Waals surface area contributed by atoms with Gasteiger partial charge in [0.2, 0.25) is 0 Å². The van der Waals surface area contributed by atoms with Crippen LogP contribution < -0.4 is 0 Å². The monoisotopic (exact) mass is 270 g/mol. The van der Waals surface area contributed by atoms with Gasteiger partial charge in [0, 0.05) is 25.5 Å². The molecule has 1 N–H and O–H groups in total. The molecule has 5 heteroatoms. The van der Waals surface area contributed by atoms with Gasteiger partial charge in [-0.2, -0.15) is 0 Å². The molecular formula is C13H19ClN2O2. The zero-order valence-corrected chi connectivity index (χ0v) is 11.4. The van der Waals surface area contributed by atoms with Gasteiger partial charge in [-0.3, -0.25) is 9.78 Å². The second-order valence-electron chi connectivity index (χ2n) is 4.08. The number of amides is 1. The van der Waals surface area contributed by atoms with Gasteiger partial charge in [-0.05, 0) is 12.5 Å². The lowest BCUT2D eigenvalue weighted by Crippen LogP contribution is -2.34. The summed E-state index contributed by atoms with van der Waals surface area (Å²) in [5, 5.41) is 9.37. The van der Waals surface area contributed by atoms with Gasteiger partial charge >= 0.3 is 0 Å². The summed E-state index contributed by atoms with van der Waals surface area (Å²) in [6, 6.07) is 1.61. The highest BCUT2D eigenvalue weighted by Crippen LogP contribution is 2.16. The maximum absolute atomic E-state index is 12.3. The molecule has 1 heterocycles. The van der Waals surface area contributed by atoms with Gasteiger partial charge in [-0.25, -0.2) is 0 Å². The molecule has 0 saturated carbocycles. The normalized spacial score (nSPS) is 10.4. The number of carbonyl (C=O) groups is 1. The van der Waals surface area contributed by atoms with E-state index < -0.39 is 0 Å². The largest absolute Gasteiger partial charge is 0.395 e. The van der Waals surface area contributed by atoms with Crippen LogP contribution in [0.2, 0.25) is 5.02 Å². The van der Waals surface area contributed by atoms with Crippen LogP contribution in [0.25, 0.3) is 0 Å². The Morgan fingerprint density at radius 3 is 2.83 bits per heavy atom. The molecule has 0 bridgehead atoms. The zero-order chi connectivity index (χ0) is 13.4. The lowest BCUT2D eigenvalue weighted by atomic mass is 10.2. The van der Waals surface area contributed by atoms with Crippen molar-refractivity contribution >= 4 is 17.5 Å². The van der Waals surface area contributed by atoms with Gasteiger partial charge in [0.25, 0.3) is 5.91 Å².